The fourth-order valence-electron chi connectivity index (χ4n) is 1.91. The highest BCUT2D eigenvalue weighted by Crippen LogP contribution is 2.30. The summed E-state index contributed by atoms with van der Waals surface area (Å²) in [6, 6.07) is 4.30. The maximum Gasteiger partial charge on any atom is 0.232 e. The van der Waals surface area contributed by atoms with Crippen LogP contribution in [0.3, 0.4) is 0 Å². The molecule has 0 saturated heterocycles. The zero-order valence-electron chi connectivity index (χ0n) is 9.89. The van der Waals surface area contributed by atoms with E-state index < -0.39 is 10.0 Å². The molecule has 2 rings (SSSR count). The number of nitrogens with one attached hydrogen (secondary N) is 1. The molecule has 1 aromatic carbocycles. The molecule has 0 radical (unpaired) electrons. The van der Waals surface area contributed by atoms with Gasteiger partial charge in [0.05, 0.1) is 16.5 Å². The minimum Gasteiger partial charge on any atom is -0.506 e. The average molecular weight is 290 g/mol. The lowest BCUT2D eigenvalue weighted by Crippen LogP contribution is -2.21. The largest absolute Gasteiger partial charge is 0.506 e. The first-order valence-corrected chi connectivity index (χ1v) is 7.98. The maximum absolute atomic E-state index is 11.8. The minimum atomic E-state index is -3.34. The second-order valence-electron chi connectivity index (χ2n) is 4.67. The Kier molecular flexibility index (Phi) is 4.02. The SMILES string of the molecule is O=S(=O)(CCC1CCC1)Nc1ccc(Cl)c(O)c1. The number of phenolic OH excluding ortho intramolecular Hbond substituents is 1. The van der Waals surface area contributed by atoms with Gasteiger partial charge in [0.1, 0.15) is 5.75 Å². The highest BCUT2D eigenvalue weighted by molar-refractivity contribution is 7.92. The summed E-state index contributed by atoms with van der Waals surface area (Å²) in [5, 5.41) is 9.60. The number of rotatable bonds is 5. The first-order valence-electron chi connectivity index (χ1n) is 5.95. The Morgan fingerprint density at radius 1 is 1.39 bits per heavy atom. The van der Waals surface area contributed by atoms with Gasteiger partial charge in [-0.05, 0) is 24.5 Å². The molecule has 1 aliphatic carbocycles. The van der Waals surface area contributed by atoms with Gasteiger partial charge in [-0.1, -0.05) is 30.9 Å². The van der Waals surface area contributed by atoms with Crippen molar-refractivity contribution in [3.63, 3.8) is 0 Å². The van der Waals surface area contributed by atoms with Gasteiger partial charge in [-0.3, -0.25) is 4.72 Å². The van der Waals surface area contributed by atoms with Crippen LogP contribution in [-0.2, 0) is 10.0 Å². The maximum atomic E-state index is 11.8. The molecule has 6 heteroatoms. The number of aromatic hydroxyl groups is 1. The van der Waals surface area contributed by atoms with E-state index in [1.54, 1.807) is 0 Å². The van der Waals surface area contributed by atoms with E-state index in [4.69, 9.17) is 11.6 Å². The van der Waals surface area contributed by atoms with Crippen LogP contribution in [0.1, 0.15) is 25.7 Å². The molecule has 1 saturated carbocycles. The van der Waals surface area contributed by atoms with Crippen molar-refractivity contribution < 1.29 is 13.5 Å². The van der Waals surface area contributed by atoms with E-state index in [-0.39, 0.29) is 16.5 Å². The zero-order valence-corrected chi connectivity index (χ0v) is 11.5. The lowest BCUT2D eigenvalue weighted by Gasteiger charge is -2.24. The predicted molar refractivity (Wildman–Crippen MR) is 72.5 cm³/mol. The van der Waals surface area contributed by atoms with E-state index >= 15 is 0 Å². The smallest absolute Gasteiger partial charge is 0.232 e. The zero-order chi connectivity index (χ0) is 13.2. The molecule has 100 valence electrons. The monoisotopic (exact) mass is 289 g/mol. The molecule has 0 amide bonds. The van der Waals surface area contributed by atoms with Crippen molar-refractivity contribution in [2.75, 3.05) is 10.5 Å². The number of halogens is 1. The van der Waals surface area contributed by atoms with Crippen molar-refractivity contribution >= 4 is 27.3 Å². The average Bonchev–Trinajstić information content (AvgIpc) is 2.20. The Labute approximate surface area is 112 Å². The molecule has 1 aromatic rings. The molecular weight excluding hydrogens is 274 g/mol. The second-order valence-corrected chi connectivity index (χ2v) is 6.92. The number of hydrogen-bond donors (Lipinski definition) is 2. The highest BCUT2D eigenvalue weighted by Gasteiger charge is 2.20. The minimum absolute atomic E-state index is 0.126. The second kappa shape index (κ2) is 5.36. The van der Waals surface area contributed by atoms with Crippen molar-refractivity contribution in [2.45, 2.75) is 25.7 Å². The topological polar surface area (TPSA) is 66.4 Å². The van der Waals surface area contributed by atoms with Gasteiger partial charge in [0, 0.05) is 6.07 Å². The van der Waals surface area contributed by atoms with E-state index in [1.807, 2.05) is 0 Å². The van der Waals surface area contributed by atoms with Crippen LogP contribution in [-0.4, -0.2) is 19.3 Å². The number of sulfonamides is 1. The van der Waals surface area contributed by atoms with E-state index in [2.05, 4.69) is 4.72 Å². The molecule has 0 heterocycles. The van der Waals surface area contributed by atoms with E-state index in [1.165, 1.54) is 24.6 Å². The van der Waals surface area contributed by atoms with Crippen LogP contribution in [0.25, 0.3) is 0 Å². The first kappa shape index (κ1) is 13.5. The summed E-state index contributed by atoms with van der Waals surface area (Å²) in [4.78, 5) is 0. The van der Waals surface area contributed by atoms with Crippen LogP contribution in [0.5, 0.6) is 5.75 Å². The quantitative estimate of drug-likeness (QED) is 0.876. The standard InChI is InChI=1S/C12H16ClNO3S/c13-11-5-4-10(8-12(11)15)14-18(16,17)7-6-9-2-1-3-9/h4-5,8-9,14-15H,1-3,6-7H2. The van der Waals surface area contributed by atoms with Crippen molar-refractivity contribution in [3.05, 3.63) is 23.2 Å². The summed E-state index contributed by atoms with van der Waals surface area (Å²) in [6.45, 7) is 0. The normalized spacial score (nSPS) is 16.3. The Morgan fingerprint density at radius 3 is 2.67 bits per heavy atom. The summed E-state index contributed by atoms with van der Waals surface area (Å²) < 4.78 is 26.1. The highest BCUT2D eigenvalue weighted by atomic mass is 35.5. The molecule has 18 heavy (non-hydrogen) atoms. The summed E-state index contributed by atoms with van der Waals surface area (Å²) in [5.41, 5.74) is 0.338. The van der Waals surface area contributed by atoms with E-state index in [9.17, 15) is 13.5 Å². The molecule has 0 spiro atoms. The van der Waals surface area contributed by atoms with Gasteiger partial charge in [0.2, 0.25) is 10.0 Å². The lowest BCUT2D eigenvalue weighted by atomic mass is 9.84. The molecule has 0 aromatic heterocycles. The molecule has 1 aliphatic rings. The van der Waals surface area contributed by atoms with Gasteiger partial charge in [-0.25, -0.2) is 8.42 Å². The van der Waals surface area contributed by atoms with E-state index in [0.717, 1.165) is 12.8 Å². The number of hydrogen-bond acceptors (Lipinski definition) is 3. The summed E-state index contributed by atoms with van der Waals surface area (Å²) >= 11 is 5.65. The molecule has 0 atom stereocenters. The van der Waals surface area contributed by atoms with Crippen molar-refractivity contribution in [2.24, 2.45) is 5.92 Å². The van der Waals surface area contributed by atoms with Crippen LogP contribution < -0.4 is 4.72 Å². The van der Waals surface area contributed by atoms with Crippen LogP contribution in [0, 0.1) is 5.92 Å². The Morgan fingerprint density at radius 2 is 2.11 bits per heavy atom. The first-order chi connectivity index (χ1) is 8.46. The van der Waals surface area contributed by atoms with Gasteiger partial charge >= 0.3 is 0 Å². The molecule has 4 nitrogen and oxygen atoms in total. The Hall–Kier alpha value is -0.940. The summed E-state index contributed by atoms with van der Waals surface area (Å²) in [5.74, 6) is 0.553. The molecule has 2 N–H and O–H groups in total. The third kappa shape index (κ3) is 3.53. The Balaban J connectivity index is 1.95. The van der Waals surface area contributed by atoms with Crippen molar-refractivity contribution in [3.8, 4) is 5.75 Å². The van der Waals surface area contributed by atoms with Crippen LogP contribution in [0.4, 0.5) is 5.69 Å². The van der Waals surface area contributed by atoms with Gasteiger partial charge < -0.3 is 5.11 Å². The summed E-state index contributed by atoms with van der Waals surface area (Å²) in [6.07, 6.45) is 4.19. The van der Waals surface area contributed by atoms with Gasteiger partial charge in [-0.15, -0.1) is 0 Å². The number of phenols is 1. The molecule has 0 unspecified atom stereocenters. The molecule has 1 fully saturated rings. The fourth-order valence-corrected chi connectivity index (χ4v) is 3.26. The number of benzene rings is 1. The van der Waals surface area contributed by atoms with Crippen molar-refractivity contribution in [1.29, 1.82) is 0 Å². The Bertz CT molecular complexity index is 526. The van der Waals surface area contributed by atoms with Crippen LogP contribution in [0.15, 0.2) is 18.2 Å². The molecular formula is C12H16ClNO3S. The molecule has 0 bridgehead atoms. The third-order valence-corrected chi connectivity index (χ3v) is 4.88. The van der Waals surface area contributed by atoms with Gasteiger partial charge in [0.15, 0.2) is 0 Å². The van der Waals surface area contributed by atoms with Crippen LogP contribution in [0.2, 0.25) is 5.02 Å². The predicted octanol–water partition coefficient (Wildman–Crippen LogP) is 2.98. The third-order valence-electron chi connectivity index (χ3n) is 3.24. The van der Waals surface area contributed by atoms with Crippen LogP contribution >= 0.6 is 11.6 Å². The van der Waals surface area contributed by atoms with Gasteiger partial charge in [0.25, 0.3) is 0 Å². The fraction of sp³-hybridized carbons (Fsp3) is 0.500. The van der Waals surface area contributed by atoms with Crippen molar-refractivity contribution in [1.82, 2.24) is 0 Å². The lowest BCUT2D eigenvalue weighted by molar-refractivity contribution is 0.307. The number of anilines is 1. The molecule has 0 aliphatic heterocycles. The summed E-state index contributed by atoms with van der Waals surface area (Å²) in [7, 11) is -3.34. The van der Waals surface area contributed by atoms with E-state index in [0.29, 0.717) is 18.0 Å². The van der Waals surface area contributed by atoms with Gasteiger partial charge in [-0.2, -0.15) is 0 Å².